The molecule has 6 heteroatoms. The van der Waals surface area contributed by atoms with Crippen LogP contribution in [-0.2, 0) is 4.74 Å². The first-order chi connectivity index (χ1) is 9.90. The maximum Gasteiger partial charge on any atom is 0.273 e. The molecule has 6 nitrogen and oxygen atoms in total. The highest BCUT2D eigenvalue weighted by Gasteiger charge is 2.49. The number of nitrogens with zero attached hydrogens (tertiary/aromatic N) is 1. The zero-order valence-corrected chi connectivity index (χ0v) is 12.9. The molecule has 1 aliphatic rings. The number of rotatable bonds is 6. The van der Waals surface area contributed by atoms with E-state index in [-0.39, 0.29) is 23.2 Å². The van der Waals surface area contributed by atoms with E-state index >= 15 is 0 Å². The summed E-state index contributed by atoms with van der Waals surface area (Å²) >= 11 is 0. The fourth-order valence-corrected chi connectivity index (χ4v) is 2.71. The fourth-order valence-electron chi connectivity index (χ4n) is 2.71. The van der Waals surface area contributed by atoms with Crippen LogP contribution in [0.15, 0.2) is 18.2 Å². The van der Waals surface area contributed by atoms with Gasteiger partial charge in [-0.2, -0.15) is 0 Å². The molecular formula is C15H22N2O4. The molecule has 1 saturated carbocycles. The number of hydrogen-bond donors (Lipinski definition) is 1. The molecule has 0 saturated heterocycles. The lowest BCUT2D eigenvalue weighted by molar-refractivity contribution is -0.384. The van der Waals surface area contributed by atoms with E-state index in [4.69, 9.17) is 9.47 Å². The lowest BCUT2D eigenvalue weighted by Gasteiger charge is -2.52. The van der Waals surface area contributed by atoms with Gasteiger partial charge in [0, 0.05) is 24.1 Å². The Balaban J connectivity index is 2.12. The largest absolute Gasteiger partial charge is 0.494 e. The number of nitrogens with one attached hydrogen (secondary N) is 1. The number of anilines is 1. The molecule has 0 heterocycles. The fraction of sp³-hybridized carbons (Fsp3) is 0.600. The summed E-state index contributed by atoms with van der Waals surface area (Å²) in [5.74, 6) is 0.486. The summed E-state index contributed by atoms with van der Waals surface area (Å²) in [5.41, 5.74) is 0.816. The van der Waals surface area contributed by atoms with E-state index in [1.54, 1.807) is 6.07 Å². The molecule has 1 aliphatic carbocycles. The van der Waals surface area contributed by atoms with Crippen molar-refractivity contribution in [1.82, 2.24) is 0 Å². The Hall–Kier alpha value is -1.82. The molecule has 0 bridgehead atoms. The van der Waals surface area contributed by atoms with Gasteiger partial charge in [0.2, 0.25) is 0 Å². The van der Waals surface area contributed by atoms with Crippen LogP contribution in [0, 0.1) is 15.5 Å². The second-order valence-electron chi connectivity index (χ2n) is 5.84. The average Bonchev–Trinajstić information content (AvgIpc) is 2.46. The number of hydrogen-bond acceptors (Lipinski definition) is 5. The minimum atomic E-state index is -0.426. The van der Waals surface area contributed by atoms with Crippen LogP contribution in [0.3, 0.4) is 0 Å². The standard InChI is InChI=1S/C15H22N2O4/c1-5-21-14-9-13(15(14,2)3)16-11-7-6-10(17(18)19)8-12(11)20-4/h6-8,13-14,16H,5,9H2,1-4H3. The number of nitro groups is 1. The first-order valence-electron chi connectivity index (χ1n) is 7.10. The summed E-state index contributed by atoms with van der Waals surface area (Å²) in [7, 11) is 1.51. The predicted octanol–water partition coefficient (Wildman–Crippen LogP) is 3.22. The van der Waals surface area contributed by atoms with Crippen molar-refractivity contribution in [3.8, 4) is 5.75 Å². The molecule has 0 spiro atoms. The molecule has 1 aromatic rings. The summed E-state index contributed by atoms with van der Waals surface area (Å²) in [5, 5.41) is 14.2. The molecule has 0 aliphatic heterocycles. The zero-order chi connectivity index (χ0) is 15.6. The van der Waals surface area contributed by atoms with Crippen molar-refractivity contribution in [3.63, 3.8) is 0 Å². The third-order valence-corrected chi connectivity index (χ3v) is 4.27. The summed E-state index contributed by atoms with van der Waals surface area (Å²) in [6, 6.07) is 4.87. The number of ether oxygens (including phenoxy) is 2. The molecule has 2 rings (SSSR count). The molecule has 1 fully saturated rings. The Bertz CT molecular complexity index is 530. The number of methoxy groups -OCH3 is 1. The van der Waals surface area contributed by atoms with Crippen LogP contribution in [0.4, 0.5) is 11.4 Å². The highest BCUT2D eigenvalue weighted by atomic mass is 16.6. The van der Waals surface area contributed by atoms with Gasteiger partial charge in [-0.1, -0.05) is 13.8 Å². The van der Waals surface area contributed by atoms with Crippen LogP contribution >= 0.6 is 0 Å². The van der Waals surface area contributed by atoms with Gasteiger partial charge in [-0.25, -0.2) is 0 Å². The number of non-ortho nitro benzene ring substituents is 1. The van der Waals surface area contributed by atoms with Gasteiger partial charge < -0.3 is 14.8 Å². The normalized spacial score (nSPS) is 23.2. The van der Waals surface area contributed by atoms with E-state index in [1.807, 2.05) is 6.92 Å². The van der Waals surface area contributed by atoms with Gasteiger partial charge in [0.1, 0.15) is 5.75 Å². The summed E-state index contributed by atoms with van der Waals surface area (Å²) in [4.78, 5) is 10.4. The predicted molar refractivity (Wildman–Crippen MR) is 80.9 cm³/mol. The van der Waals surface area contributed by atoms with E-state index in [0.29, 0.717) is 12.4 Å². The third kappa shape index (κ3) is 2.95. The molecule has 116 valence electrons. The quantitative estimate of drug-likeness (QED) is 0.644. The first-order valence-corrected chi connectivity index (χ1v) is 7.10. The lowest BCUT2D eigenvalue weighted by atomic mass is 9.64. The van der Waals surface area contributed by atoms with E-state index in [9.17, 15) is 10.1 Å². The summed E-state index contributed by atoms with van der Waals surface area (Å²) in [6.07, 6.45) is 1.16. The van der Waals surface area contributed by atoms with Crippen LogP contribution in [0.5, 0.6) is 5.75 Å². The van der Waals surface area contributed by atoms with Crippen molar-refractivity contribution in [1.29, 1.82) is 0 Å². The van der Waals surface area contributed by atoms with Crippen LogP contribution < -0.4 is 10.1 Å². The summed E-state index contributed by atoms with van der Waals surface area (Å²) in [6.45, 7) is 7.02. The van der Waals surface area contributed by atoms with Gasteiger partial charge in [-0.15, -0.1) is 0 Å². The van der Waals surface area contributed by atoms with Crippen molar-refractivity contribution in [2.24, 2.45) is 5.41 Å². The summed E-state index contributed by atoms with van der Waals surface area (Å²) < 4.78 is 11.0. The van der Waals surface area contributed by atoms with Crippen molar-refractivity contribution < 1.29 is 14.4 Å². The Labute approximate surface area is 124 Å². The third-order valence-electron chi connectivity index (χ3n) is 4.27. The monoisotopic (exact) mass is 294 g/mol. The van der Waals surface area contributed by atoms with Crippen LogP contribution in [0.1, 0.15) is 27.2 Å². The second-order valence-corrected chi connectivity index (χ2v) is 5.84. The SMILES string of the molecule is CCOC1CC(Nc2ccc([N+](=O)[O-])cc2OC)C1(C)C. The Morgan fingerprint density at radius 1 is 1.48 bits per heavy atom. The van der Waals surface area contributed by atoms with Gasteiger partial charge in [-0.3, -0.25) is 10.1 Å². The van der Waals surface area contributed by atoms with E-state index < -0.39 is 4.92 Å². The molecular weight excluding hydrogens is 272 g/mol. The minimum Gasteiger partial charge on any atom is -0.494 e. The molecule has 2 atom stereocenters. The minimum absolute atomic E-state index is 0.0167. The van der Waals surface area contributed by atoms with Crippen molar-refractivity contribution >= 4 is 11.4 Å². The smallest absolute Gasteiger partial charge is 0.273 e. The van der Waals surface area contributed by atoms with Gasteiger partial charge in [-0.05, 0) is 19.4 Å². The number of benzene rings is 1. The van der Waals surface area contributed by atoms with Gasteiger partial charge in [0.05, 0.1) is 29.9 Å². The Kier molecular flexibility index (Phi) is 4.37. The first kappa shape index (κ1) is 15.6. The van der Waals surface area contributed by atoms with E-state index in [1.165, 1.54) is 19.2 Å². The van der Waals surface area contributed by atoms with E-state index in [2.05, 4.69) is 19.2 Å². The second kappa shape index (κ2) is 5.89. The topological polar surface area (TPSA) is 73.6 Å². The lowest BCUT2D eigenvalue weighted by Crippen LogP contribution is -2.58. The van der Waals surface area contributed by atoms with Gasteiger partial charge in [0.25, 0.3) is 5.69 Å². The van der Waals surface area contributed by atoms with E-state index in [0.717, 1.165) is 12.1 Å². The molecule has 2 unspecified atom stereocenters. The highest BCUT2D eigenvalue weighted by molar-refractivity contribution is 5.61. The van der Waals surface area contributed by atoms with Crippen LogP contribution in [0.2, 0.25) is 0 Å². The molecule has 1 aromatic carbocycles. The molecule has 0 aromatic heterocycles. The van der Waals surface area contributed by atoms with Gasteiger partial charge >= 0.3 is 0 Å². The molecule has 0 radical (unpaired) electrons. The van der Waals surface area contributed by atoms with Crippen molar-refractivity contribution in [3.05, 3.63) is 28.3 Å². The highest BCUT2D eigenvalue weighted by Crippen LogP contribution is 2.45. The van der Waals surface area contributed by atoms with Crippen LogP contribution in [0.25, 0.3) is 0 Å². The zero-order valence-electron chi connectivity index (χ0n) is 12.9. The van der Waals surface area contributed by atoms with Crippen molar-refractivity contribution in [2.75, 3.05) is 19.0 Å². The Morgan fingerprint density at radius 3 is 2.71 bits per heavy atom. The van der Waals surface area contributed by atoms with Crippen LogP contribution in [-0.4, -0.2) is 30.8 Å². The Morgan fingerprint density at radius 2 is 2.19 bits per heavy atom. The molecule has 0 amide bonds. The molecule has 21 heavy (non-hydrogen) atoms. The maximum atomic E-state index is 10.8. The average molecular weight is 294 g/mol. The maximum absolute atomic E-state index is 10.8. The molecule has 1 N–H and O–H groups in total. The van der Waals surface area contributed by atoms with Gasteiger partial charge in [0.15, 0.2) is 0 Å². The van der Waals surface area contributed by atoms with Crippen molar-refractivity contribution in [2.45, 2.75) is 39.3 Å². The number of nitro benzene ring substituents is 1.